The summed E-state index contributed by atoms with van der Waals surface area (Å²) in [6, 6.07) is 13.2. The van der Waals surface area contributed by atoms with Crippen LogP contribution < -0.4 is 10.6 Å². The molecule has 7 heteroatoms. The molecule has 2 N–H and O–H groups in total. The van der Waals surface area contributed by atoms with Gasteiger partial charge in [-0.25, -0.2) is 4.68 Å². The van der Waals surface area contributed by atoms with Gasteiger partial charge >= 0.3 is 0 Å². The highest BCUT2D eigenvalue weighted by Gasteiger charge is 2.17. The fraction of sp³-hybridized carbons (Fsp3) is 0.167. The SMILES string of the molecule is CC(=O)Nc1ccc(C(=O)Nc2c(C)nn(-c3ccccc3)c2C)s1. The monoisotopic (exact) mass is 354 g/mol. The highest BCUT2D eigenvalue weighted by Crippen LogP contribution is 2.26. The molecular weight excluding hydrogens is 336 g/mol. The van der Waals surface area contributed by atoms with Crippen molar-refractivity contribution >= 4 is 33.8 Å². The Morgan fingerprint density at radius 1 is 1.04 bits per heavy atom. The molecule has 128 valence electrons. The number of carbonyl (C=O) groups excluding carboxylic acids is 2. The first-order chi connectivity index (χ1) is 12.0. The normalized spacial score (nSPS) is 10.5. The van der Waals surface area contributed by atoms with E-state index in [0.29, 0.717) is 15.6 Å². The molecule has 0 aliphatic heterocycles. The molecule has 2 aromatic heterocycles. The molecule has 0 atom stereocenters. The van der Waals surface area contributed by atoms with Crippen molar-refractivity contribution in [1.29, 1.82) is 0 Å². The van der Waals surface area contributed by atoms with Crippen LogP contribution in [-0.4, -0.2) is 21.6 Å². The van der Waals surface area contributed by atoms with Crippen molar-refractivity contribution in [2.24, 2.45) is 0 Å². The number of nitrogens with zero attached hydrogens (tertiary/aromatic N) is 2. The standard InChI is InChI=1S/C18H18N4O2S/c1-11-17(12(2)22(21-11)14-7-5-4-6-8-14)20-18(24)15-9-10-16(25-15)19-13(3)23/h4-10H,1-3H3,(H,19,23)(H,20,24). The zero-order chi connectivity index (χ0) is 18.0. The molecule has 0 aliphatic carbocycles. The van der Waals surface area contributed by atoms with Crippen LogP contribution in [0, 0.1) is 13.8 Å². The number of hydrogen-bond acceptors (Lipinski definition) is 4. The van der Waals surface area contributed by atoms with Crippen molar-refractivity contribution in [3.8, 4) is 5.69 Å². The highest BCUT2D eigenvalue weighted by molar-refractivity contribution is 7.18. The first-order valence-corrected chi connectivity index (χ1v) is 8.58. The lowest BCUT2D eigenvalue weighted by molar-refractivity contribution is -0.114. The summed E-state index contributed by atoms with van der Waals surface area (Å²) in [4.78, 5) is 24.1. The summed E-state index contributed by atoms with van der Waals surface area (Å²) in [6.07, 6.45) is 0. The van der Waals surface area contributed by atoms with Crippen LogP contribution >= 0.6 is 11.3 Å². The Kier molecular flexibility index (Phi) is 4.67. The molecule has 2 amide bonds. The number of aromatic nitrogens is 2. The van der Waals surface area contributed by atoms with E-state index in [0.717, 1.165) is 17.1 Å². The van der Waals surface area contributed by atoms with Gasteiger partial charge in [0.25, 0.3) is 5.91 Å². The molecule has 6 nitrogen and oxygen atoms in total. The molecule has 3 rings (SSSR count). The van der Waals surface area contributed by atoms with Gasteiger partial charge in [0, 0.05) is 6.92 Å². The molecule has 0 unspecified atom stereocenters. The fourth-order valence-corrected chi connectivity index (χ4v) is 3.37. The van der Waals surface area contributed by atoms with Gasteiger partial charge in [-0.05, 0) is 38.1 Å². The molecule has 0 saturated carbocycles. The number of hydrogen-bond donors (Lipinski definition) is 2. The van der Waals surface area contributed by atoms with E-state index in [1.54, 1.807) is 12.1 Å². The molecule has 1 aromatic carbocycles. The molecule has 0 radical (unpaired) electrons. The van der Waals surface area contributed by atoms with Crippen molar-refractivity contribution in [3.63, 3.8) is 0 Å². The van der Waals surface area contributed by atoms with Crippen LogP contribution in [0.5, 0.6) is 0 Å². The van der Waals surface area contributed by atoms with E-state index in [-0.39, 0.29) is 11.8 Å². The minimum absolute atomic E-state index is 0.162. The minimum atomic E-state index is -0.222. The highest BCUT2D eigenvalue weighted by atomic mass is 32.1. The van der Waals surface area contributed by atoms with Crippen molar-refractivity contribution in [2.75, 3.05) is 10.6 Å². The van der Waals surface area contributed by atoms with Gasteiger partial charge in [0.15, 0.2) is 0 Å². The predicted octanol–water partition coefficient (Wildman–Crippen LogP) is 3.76. The molecule has 0 fully saturated rings. The Morgan fingerprint density at radius 3 is 2.44 bits per heavy atom. The molecule has 3 aromatic rings. The van der Waals surface area contributed by atoms with Crippen LogP contribution in [0.4, 0.5) is 10.7 Å². The number of benzene rings is 1. The smallest absolute Gasteiger partial charge is 0.265 e. The summed E-state index contributed by atoms with van der Waals surface area (Å²) in [5.41, 5.74) is 3.24. The number of amides is 2. The van der Waals surface area contributed by atoms with Crippen LogP contribution in [0.1, 0.15) is 28.0 Å². The van der Waals surface area contributed by atoms with Gasteiger partial charge in [-0.15, -0.1) is 11.3 Å². The number of para-hydroxylation sites is 1. The Balaban J connectivity index is 1.83. The van der Waals surface area contributed by atoms with Gasteiger partial charge in [0.2, 0.25) is 5.91 Å². The van der Waals surface area contributed by atoms with Gasteiger partial charge in [-0.3, -0.25) is 9.59 Å². The maximum absolute atomic E-state index is 12.5. The topological polar surface area (TPSA) is 76.0 Å². The average molecular weight is 354 g/mol. The lowest BCUT2D eigenvalue weighted by Crippen LogP contribution is -2.11. The van der Waals surface area contributed by atoms with E-state index >= 15 is 0 Å². The summed E-state index contributed by atoms with van der Waals surface area (Å²) in [7, 11) is 0. The Labute approximate surface area is 149 Å². The third kappa shape index (κ3) is 3.61. The largest absolute Gasteiger partial charge is 0.318 e. The summed E-state index contributed by atoms with van der Waals surface area (Å²) < 4.78 is 1.81. The predicted molar refractivity (Wildman–Crippen MR) is 99.6 cm³/mol. The van der Waals surface area contributed by atoms with Crippen LogP contribution in [0.25, 0.3) is 5.69 Å². The van der Waals surface area contributed by atoms with E-state index in [1.807, 2.05) is 48.9 Å². The molecule has 0 aliphatic rings. The van der Waals surface area contributed by atoms with Crippen LogP contribution in [0.3, 0.4) is 0 Å². The molecule has 0 spiro atoms. The quantitative estimate of drug-likeness (QED) is 0.749. The Morgan fingerprint density at radius 2 is 1.76 bits per heavy atom. The number of rotatable bonds is 4. The van der Waals surface area contributed by atoms with E-state index in [9.17, 15) is 9.59 Å². The van der Waals surface area contributed by atoms with E-state index in [1.165, 1.54) is 18.3 Å². The number of nitrogens with one attached hydrogen (secondary N) is 2. The summed E-state index contributed by atoms with van der Waals surface area (Å²) in [5.74, 6) is -0.384. The van der Waals surface area contributed by atoms with Crippen molar-refractivity contribution in [3.05, 3.63) is 58.7 Å². The molecular formula is C18H18N4O2S. The van der Waals surface area contributed by atoms with E-state index in [2.05, 4.69) is 15.7 Å². The van der Waals surface area contributed by atoms with Gasteiger partial charge < -0.3 is 10.6 Å². The third-order valence-corrected chi connectivity index (χ3v) is 4.66. The second-order valence-electron chi connectivity index (χ2n) is 5.59. The Bertz CT molecular complexity index is 928. The fourth-order valence-electron chi connectivity index (χ4n) is 2.52. The molecule has 25 heavy (non-hydrogen) atoms. The van der Waals surface area contributed by atoms with Crippen molar-refractivity contribution < 1.29 is 9.59 Å². The number of anilines is 2. The summed E-state index contributed by atoms with van der Waals surface area (Å²) >= 11 is 1.23. The zero-order valence-electron chi connectivity index (χ0n) is 14.2. The van der Waals surface area contributed by atoms with E-state index < -0.39 is 0 Å². The van der Waals surface area contributed by atoms with Gasteiger partial charge in [-0.2, -0.15) is 5.10 Å². The lowest BCUT2D eigenvalue weighted by atomic mass is 10.3. The summed E-state index contributed by atoms with van der Waals surface area (Å²) in [5, 5.41) is 10.8. The second-order valence-corrected chi connectivity index (χ2v) is 6.68. The molecule has 2 heterocycles. The number of carbonyl (C=O) groups is 2. The van der Waals surface area contributed by atoms with Crippen molar-refractivity contribution in [1.82, 2.24) is 9.78 Å². The lowest BCUT2D eigenvalue weighted by Gasteiger charge is -2.06. The molecule has 0 saturated heterocycles. The maximum Gasteiger partial charge on any atom is 0.265 e. The number of aryl methyl sites for hydroxylation is 1. The number of thiophene rings is 1. The average Bonchev–Trinajstić information content (AvgIpc) is 3.15. The first-order valence-electron chi connectivity index (χ1n) is 7.76. The third-order valence-electron chi connectivity index (χ3n) is 3.66. The van der Waals surface area contributed by atoms with Crippen LogP contribution in [-0.2, 0) is 4.79 Å². The molecule has 0 bridgehead atoms. The van der Waals surface area contributed by atoms with Crippen LogP contribution in [0.2, 0.25) is 0 Å². The minimum Gasteiger partial charge on any atom is -0.318 e. The van der Waals surface area contributed by atoms with E-state index in [4.69, 9.17) is 0 Å². The zero-order valence-corrected chi connectivity index (χ0v) is 15.0. The van der Waals surface area contributed by atoms with Gasteiger partial charge in [0.1, 0.15) is 0 Å². The summed E-state index contributed by atoms with van der Waals surface area (Å²) in [6.45, 7) is 5.21. The van der Waals surface area contributed by atoms with Gasteiger partial charge in [-0.1, -0.05) is 18.2 Å². The first kappa shape index (κ1) is 16.9. The van der Waals surface area contributed by atoms with Crippen LogP contribution in [0.15, 0.2) is 42.5 Å². The van der Waals surface area contributed by atoms with Gasteiger partial charge in [0.05, 0.1) is 32.6 Å². The Hall–Kier alpha value is -2.93. The second kappa shape index (κ2) is 6.90. The van der Waals surface area contributed by atoms with Crippen molar-refractivity contribution in [2.45, 2.75) is 20.8 Å². The maximum atomic E-state index is 12.5.